The molecule has 0 saturated heterocycles. The van der Waals surface area contributed by atoms with Gasteiger partial charge in [-0.05, 0) is 30.6 Å². The van der Waals surface area contributed by atoms with Crippen LogP contribution in [0.15, 0.2) is 12.7 Å². The SMILES string of the molecule is C=CC(C)(C)C1CCCC(C(=O)O)C1. The first-order valence-electron chi connectivity index (χ1n) is 5.33. The van der Waals surface area contributed by atoms with E-state index in [-0.39, 0.29) is 11.3 Å². The zero-order valence-electron chi connectivity index (χ0n) is 9.12. The Kier molecular flexibility index (Phi) is 3.35. The van der Waals surface area contributed by atoms with Gasteiger partial charge < -0.3 is 5.11 Å². The third-order valence-corrected chi connectivity index (χ3v) is 3.60. The van der Waals surface area contributed by atoms with Gasteiger partial charge in [0.15, 0.2) is 0 Å². The molecule has 0 heterocycles. The van der Waals surface area contributed by atoms with Crippen LogP contribution in [0.2, 0.25) is 0 Å². The van der Waals surface area contributed by atoms with Crippen LogP contribution in [0.3, 0.4) is 0 Å². The maximum atomic E-state index is 10.9. The molecule has 0 amide bonds. The molecule has 0 radical (unpaired) electrons. The molecule has 0 aromatic heterocycles. The molecule has 0 aromatic rings. The Bertz CT molecular complexity index is 230. The molecule has 1 aliphatic rings. The standard InChI is InChI=1S/C12H20O2/c1-4-12(2,3)10-7-5-6-9(8-10)11(13)14/h4,9-10H,1,5-8H2,2-3H3,(H,13,14). The fraction of sp³-hybridized carbons (Fsp3) is 0.750. The first-order valence-corrected chi connectivity index (χ1v) is 5.33. The third-order valence-electron chi connectivity index (χ3n) is 3.60. The minimum atomic E-state index is -0.630. The van der Waals surface area contributed by atoms with Crippen LogP contribution in [0, 0.1) is 17.3 Å². The van der Waals surface area contributed by atoms with Gasteiger partial charge in [0.25, 0.3) is 0 Å². The van der Waals surface area contributed by atoms with Crippen LogP contribution >= 0.6 is 0 Å². The number of aliphatic carboxylic acids is 1. The smallest absolute Gasteiger partial charge is 0.306 e. The molecule has 1 fully saturated rings. The minimum absolute atomic E-state index is 0.0775. The van der Waals surface area contributed by atoms with Crippen LogP contribution in [0.4, 0.5) is 0 Å². The molecule has 2 atom stereocenters. The Morgan fingerprint density at radius 2 is 2.14 bits per heavy atom. The molecular weight excluding hydrogens is 176 g/mol. The van der Waals surface area contributed by atoms with E-state index in [1.165, 1.54) is 0 Å². The van der Waals surface area contributed by atoms with Crippen LogP contribution in [-0.2, 0) is 4.79 Å². The Labute approximate surface area is 86.0 Å². The van der Waals surface area contributed by atoms with Gasteiger partial charge in [0, 0.05) is 0 Å². The maximum absolute atomic E-state index is 10.9. The second-order valence-electron chi connectivity index (χ2n) is 4.92. The van der Waals surface area contributed by atoms with Crippen LogP contribution in [-0.4, -0.2) is 11.1 Å². The van der Waals surface area contributed by atoms with Crippen molar-refractivity contribution in [1.29, 1.82) is 0 Å². The van der Waals surface area contributed by atoms with Crippen LogP contribution in [0.1, 0.15) is 39.5 Å². The van der Waals surface area contributed by atoms with E-state index in [9.17, 15) is 4.79 Å². The number of carboxylic acid groups (broad SMARTS) is 1. The molecule has 0 aromatic carbocycles. The fourth-order valence-corrected chi connectivity index (χ4v) is 2.26. The fourth-order valence-electron chi connectivity index (χ4n) is 2.26. The Hall–Kier alpha value is -0.790. The average molecular weight is 196 g/mol. The average Bonchev–Trinajstić information content (AvgIpc) is 2.18. The molecule has 2 unspecified atom stereocenters. The van der Waals surface area contributed by atoms with Gasteiger partial charge in [-0.25, -0.2) is 0 Å². The predicted octanol–water partition coefficient (Wildman–Crippen LogP) is 3.09. The van der Waals surface area contributed by atoms with Crippen molar-refractivity contribution < 1.29 is 9.90 Å². The third kappa shape index (κ3) is 2.37. The number of hydrogen-bond donors (Lipinski definition) is 1. The molecule has 1 rings (SSSR count). The summed E-state index contributed by atoms with van der Waals surface area (Å²) in [7, 11) is 0. The van der Waals surface area contributed by atoms with Crippen molar-refractivity contribution >= 4 is 5.97 Å². The topological polar surface area (TPSA) is 37.3 Å². The van der Waals surface area contributed by atoms with Gasteiger partial charge in [-0.2, -0.15) is 0 Å². The second-order valence-corrected chi connectivity index (χ2v) is 4.92. The van der Waals surface area contributed by atoms with Gasteiger partial charge in [-0.3, -0.25) is 4.79 Å². The van der Waals surface area contributed by atoms with Crippen molar-refractivity contribution in [3.05, 3.63) is 12.7 Å². The van der Waals surface area contributed by atoms with Crippen molar-refractivity contribution in [2.24, 2.45) is 17.3 Å². The number of rotatable bonds is 3. The lowest BCUT2D eigenvalue weighted by molar-refractivity contribution is -0.143. The highest BCUT2D eigenvalue weighted by Gasteiger charge is 2.34. The predicted molar refractivity (Wildman–Crippen MR) is 57.1 cm³/mol. The first kappa shape index (κ1) is 11.3. The van der Waals surface area contributed by atoms with E-state index in [1.807, 2.05) is 6.08 Å². The van der Waals surface area contributed by atoms with E-state index in [2.05, 4.69) is 20.4 Å². The van der Waals surface area contributed by atoms with Gasteiger partial charge >= 0.3 is 5.97 Å². The van der Waals surface area contributed by atoms with Crippen LogP contribution < -0.4 is 0 Å². The molecule has 2 nitrogen and oxygen atoms in total. The molecule has 80 valence electrons. The molecular formula is C12H20O2. The lowest BCUT2D eigenvalue weighted by Crippen LogP contribution is -2.30. The summed E-state index contributed by atoms with van der Waals surface area (Å²) in [5.74, 6) is -0.280. The van der Waals surface area contributed by atoms with Crippen molar-refractivity contribution in [2.75, 3.05) is 0 Å². The van der Waals surface area contributed by atoms with E-state index in [4.69, 9.17) is 5.11 Å². The van der Waals surface area contributed by atoms with Gasteiger partial charge in [0.2, 0.25) is 0 Å². The minimum Gasteiger partial charge on any atom is -0.481 e. The molecule has 14 heavy (non-hydrogen) atoms. The molecule has 2 heteroatoms. The lowest BCUT2D eigenvalue weighted by Gasteiger charge is -2.36. The molecule has 1 N–H and O–H groups in total. The maximum Gasteiger partial charge on any atom is 0.306 e. The van der Waals surface area contributed by atoms with Crippen LogP contribution in [0.25, 0.3) is 0 Å². The summed E-state index contributed by atoms with van der Waals surface area (Å²) < 4.78 is 0. The van der Waals surface area contributed by atoms with E-state index >= 15 is 0 Å². The highest BCUT2D eigenvalue weighted by molar-refractivity contribution is 5.70. The molecule has 1 aliphatic carbocycles. The highest BCUT2D eigenvalue weighted by Crippen LogP contribution is 2.41. The molecule has 1 saturated carbocycles. The van der Waals surface area contributed by atoms with Crippen molar-refractivity contribution in [2.45, 2.75) is 39.5 Å². The van der Waals surface area contributed by atoms with Crippen molar-refractivity contribution in [3.8, 4) is 0 Å². The van der Waals surface area contributed by atoms with Gasteiger partial charge in [-0.15, -0.1) is 6.58 Å². The number of carbonyl (C=O) groups is 1. The highest BCUT2D eigenvalue weighted by atomic mass is 16.4. The van der Waals surface area contributed by atoms with Gasteiger partial charge in [0.1, 0.15) is 0 Å². The quantitative estimate of drug-likeness (QED) is 0.704. The van der Waals surface area contributed by atoms with E-state index in [0.29, 0.717) is 5.92 Å². The first-order chi connectivity index (χ1) is 6.47. The molecule has 0 spiro atoms. The Morgan fingerprint density at radius 1 is 1.50 bits per heavy atom. The number of hydrogen-bond acceptors (Lipinski definition) is 1. The van der Waals surface area contributed by atoms with E-state index < -0.39 is 5.97 Å². The zero-order valence-corrected chi connectivity index (χ0v) is 9.12. The summed E-state index contributed by atoms with van der Waals surface area (Å²) in [6, 6.07) is 0. The van der Waals surface area contributed by atoms with Crippen molar-refractivity contribution in [1.82, 2.24) is 0 Å². The summed E-state index contributed by atoms with van der Waals surface area (Å²) >= 11 is 0. The lowest BCUT2D eigenvalue weighted by atomic mass is 9.68. The van der Waals surface area contributed by atoms with E-state index in [1.54, 1.807) is 0 Å². The number of carboxylic acids is 1. The summed E-state index contributed by atoms with van der Waals surface area (Å²) in [5.41, 5.74) is 0.0775. The van der Waals surface area contributed by atoms with Gasteiger partial charge in [0.05, 0.1) is 5.92 Å². The summed E-state index contributed by atoms with van der Waals surface area (Å²) in [6.07, 6.45) is 5.80. The second kappa shape index (κ2) is 4.16. The molecule has 0 aliphatic heterocycles. The van der Waals surface area contributed by atoms with Gasteiger partial charge in [-0.1, -0.05) is 26.3 Å². The zero-order chi connectivity index (χ0) is 10.8. The normalized spacial score (nSPS) is 28.4. The summed E-state index contributed by atoms with van der Waals surface area (Å²) in [6.45, 7) is 8.13. The number of allylic oxidation sites excluding steroid dienone is 1. The van der Waals surface area contributed by atoms with E-state index in [0.717, 1.165) is 25.7 Å². The monoisotopic (exact) mass is 196 g/mol. The Morgan fingerprint density at radius 3 is 2.64 bits per heavy atom. The van der Waals surface area contributed by atoms with Crippen LogP contribution in [0.5, 0.6) is 0 Å². The largest absolute Gasteiger partial charge is 0.481 e. The summed E-state index contributed by atoms with van der Waals surface area (Å²) in [5, 5.41) is 8.97. The van der Waals surface area contributed by atoms with Crippen molar-refractivity contribution in [3.63, 3.8) is 0 Å². The summed E-state index contributed by atoms with van der Waals surface area (Å²) in [4.78, 5) is 10.9. The molecule has 0 bridgehead atoms. The Balaban J connectivity index is 2.64.